The molecule has 0 radical (unpaired) electrons. The fourth-order valence-corrected chi connectivity index (χ4v) is 5.39. The third-order valence-corrected chi connectivity index (χ3v) is 7.38. The first-order chi connectivity index (χ1) is 12.7. The lowest BCUT2D eigenvalue weighted by Crippen LogP contribution is -2.12. The van der Waals surface area contributed by atoms with Crippen LogP contribution in [0.25, 0.3) is 0 Å². The molecule has 1 unspecified atom stereocenters. The van der Waals surface area contributed by atoms with Crippen LogP contribution >= 0.6 is 0 Å². The van der Waals surface area contributed by atoms with Gasteiger partial charge in [-0.2, -0.15) is 0 Å². The second-order valence-corrected chi connectivity index (χ2v) is 9.38. The lowest BCUT2D eigenvalue weighted by molar-refractivity contribution is 0.668. The Morgan fingerprint density at radius 2 is 1.23 bits per heavy atom. The maximum atomic E-state index is 12.4. The Morgan fingerprint density at radius 3 is 1.73 bits per heavy atom. The zero-order valence-electron chi connectivity index (χ0n) is 16.1. The summed E-state index contributed by atoms with van der Waals surface area (Å²) in [6.07, 6.45) is 10.7. The van der Waals surface area contributed by atoms with Crippen molar-refractivity contribution in [1.29, 1.82) is 0 Å². The molecule has 0 saturated heterocycles. The van der Waals surface area contributed by atoms with Gasteiger partial charge in [0.25, 0.3) is 0 Å². The first-order valence-electron chi connectivity index (χ1n) is 10.3. The summed E-state index contributed by atoms with van der Waals surface area (Å²) in [6.45, 7) is 2.24. The number of hydrogen-bond donors (Lipinski definition) is 0. The SMILES string of the molecule is CCCCc1ccc(CCc2ccc(CS(=O)C3CCCC3)cc2)cc1. The Kier molecular flexibility index (Phi) is 7.49. The molecule has 2 aromatic carbocycles. The summed E-state index contributed by atoms with van der Waals surface area (Å²) in [5.74, 6) is 0.726. The maximum Gasteiger partial charge on any atom is 0.0488 e. The van der Waals surface area contributed by atoms with Crippen molar-refractivity contribution in [3.63, 3.8) is 0 Å². The number of rotatable bonds is 9. The minimum absolute atomic E-state index is 0.440. The molecule has 26 heavy (non-hydrogen) atoms. The van der Waals surface area contributed by atoms with Crippen molar-refractivity contribution in [1.82, 2.24) is 0 Å². The molecule has 0 N–H and O–H groups in total. The van der Waals surface area contributed by atoms with Gasteiger partial charge in [-0.15, -0.1) is 0 Å². The average molecular weight is 369 g/mol. The van der Waals surface area contributed by atoms with Crippen molar-refractivity contribution in [2.45, 2.75) is 75.7 Å². The molecule has 2 heteroatoms. The summed E-state index contributed by atoms with van der Waals surface area (Å²) in [5.41, 5.74) is 5.46. The van der Waals surface area contributed by atoms with Gasteiger partial charge >= 0.3 is 0 Å². The fraction of sp³-hybridized carbons (Fsp3) is 0.500. The molecule has 3 rings (SSSR count). The van der Waals surface area contributed by atoms with E-state index in [2.05, 4.69) is 55.5 Å². The minimum Gasteiger partial charge on any atom is -0.259 e. The third-order valence-electron chi connectivity index (χ3n) is 5.55. The largest absolute Gasteiger partial charge is 0.259 e. The van der Waals surface area contributed by atoms with E-state index in [9.17, 15) is 4.21 Å². The van der Waals surface area contributed by atoms with E-state index < -0.39 is 10.8 Å². The van der Waals surface area contributed by atoms with Gasteiger partial charge in [0.1, 0.15) is 0 Å². The third kappa shape index (κ3) is 5.81. The first-order valence-corrected chi connectivity index (χ1v) is 11.7. The van der Waals surface area contributed by atoms with Gasteiger partial charge < -0.3 is 0 Å². The highest BCUT2D eigenvalue weighted by molar-refractivity contribution is 7.84. The van der Waals surface area contributed by atoms with Crippen LogP contribution in [0.1, 0.15) is 67.7 Å². The van der Waals surface area contributed by atoms with Crippen LogP contribution in [0.3, 0.4) is 0 Å². The smallest absolute Gasteiger partial charge is 0.0488 e. The van der Waals surface area contributed by atoms with Crippen LogP contribution in [0.15, 0.2) is 48.5 Å². The summed E-state index contributed by atoms with van der Waals surface area (Å²) < 4.78 is 12.4. The second-order valence-electron chi connectivity index (χ2n) is 7.67. The van der Waals surface area contributed by atoms with E-state index in [1.165, 1.54) is 54.4 Å². The molecule has 1 aliphatic carbocycles. The van der Waals surface area contributed by atoms with Gasteiger partial charge in [0, 0.05) is 21.8 Å². The Bertz CT molecular complexity index is 681. The van der Waals surface area contributed by atoms with Gasteiger partial charge in [0.2, 0.25) is 0 Å². The Balaban J connectivity index is 1.47. The van der Waals surface area contributed by atoms with E-state index in [0.717, 1.165) is 31.4 Å². The van der Waals surface area contributed by atoms with Gasteiger partial charge in [-0.3, -0.25) is 4.21 Å². The molecular formula is C24H32OS. The summed E-state index contributed by atoms with van der Waals surface area (Å²) in [5, 5.41) is 0.440. The lowest BCUT2D eigenvalue weighted by Gasteiger charge is -2.10. The van der Waals surface area contributed by atoms with Crippen LogP contribution in [0.2, 0.25) is 0 Å². The molecule has 0 aliphatic heterocycles. The molecule has 1 fully saturated rings. The molecule has 0 aromatic heterocycles. The van der Waals surface area contributed by atoms with Crippen LogP contribution in [-0.4, -0.2) is 9.46 Å². The lowest BCUT2D eigenvalue weighted by atomic mass is 10.0. The zero-order chi connectivity index (χ0) is 18.2. The summed E-state index contributed by atoms with van der Waals surface area (Å²) in [6, 6.07) is 17.9. The van der Waals surface area contributed by atoms with Crippen LogP contribution < -0.4 is 0 Å². The molecule has 0 bridgehead atoms. The molecule has 1 atom stereocenters. The van der Waals surface area contributed by atoms with Crippen LogP contribution in [0.5, 0.6) is 0 Å². The average Bonchev–Trinajstić information content (AvgIpc) is 3.22. The monoisotopic (exact) mass is 368 g/mol. The highest BCUT2D eigenvalue weighted by atomic mass is 32.2. The van der Waals surface area contributed by atoms with Gasteiger partial charge in [-0.05, 0) is 60.8 Å². The fourth-order valence-electron chi connectivity index (χ4n) is 3.78. The van der Waals surface area contributed by atoms with Crippen molar-refractivity contribution in [2.24, 2.45) is 0 Å². The van der Waals surface area contributed by atoms with Gasteiger partial charge in [0.15, 0.2) is 0 Å². The van der Waals surface area contributed by atoms with Crippen molar-refractivity contribution in [3.8, 4) is 0 Å². The van der Waals surface area contributed by atoms with Crippen molar-refractivity contribution in [2.75, 3.05) is 0 Å². The number of unbranched alkanes of at least 4 members (excludes halogenated alkanes) is 1. The molecule has 1 aliphatic rings. The first kappa shape index (κ1) is 19.4. The van der Waals surface area contributed by atoms with Gasteiger partial charge in [-0.25, -0.2) is 0 Å². The van der Waals surface area contributed by atoms with E-state index >= 15 is 0 Å². The Hall–Kier alpha value is -1.41. The van der Waals surface area contributed by atoms with Crippen LogP contribution in [0, 0.1) is 0 Å². The summed E-state index contributed by atoms with van der Waals surface area (Å²) in [7, 11) is -0.691. The minimum atomic E-state index is -0.691. The van der Waals surface area contributed by atoms with E-state index in [4.69, 9.17) is 0 Å². The highest BCUT2D eigenvalue weighted by Gasteiger charge is 2.21. The predicted octanol–water partition coefficient (Wildman–Crippen LogP) is 6.01. The molecule has 140 valence electrons. The predicted molar refractivity (Wildman–Crippen MR) is 113 cm³/mol. The Morgan fingerprint density at radius 1 is 0.769 bits per heavy atom. The molecule has 2 aromatic rings. The number of benzene rings is 2. The standard InChI is InChI=1S/C24H32OS/c1-2-3-6-20-9-11-21(12-10-20)13-14-22-15-17-23(18-16-22)19-26(25)24-7-4-5-8-24/h9-12,15-18,24H,2-8,13-14,19H2,1H3. The number of aryl methyl sites for hydroxylation is 3. The normalized spacial score (nSPS) is 16.0. The molecule has 0 amide bonds. The number of hydrogen-bond acceptors (Lipinski definition) is 1. The van der Waals surface area contributed by atoms with E-state index in [1.807, 2.05) is 0 Å². The van der Waals surface area contributed by atoms with Crippen molar-refractivity contribution in [3.05, 3.63) is 70.8 Å². The summed E-state index contributed by atoms with van der Waals surface area (Å²) >= 11 is 0. The molecular weight excluding hydrogens is 336 g/mol. The summed E-state index contributed by atoms with van der Waals surface area (Å²) in [4.78, 5) is 0. The molecule has 1 saturated carbocycles. The molecule has 1 nitrogen and oxygen atoms in total. The van der Waals surface area contributed by atoms with Gasteiger partial charge in [0.05, 0.1) is 0 Å². The highest BCUT2D eigenvalue weighted by Crippen LogP contribution is 2.24. The van der Waals surface area contributed by atoms with Crippen molar-refractivity contribution >= 4 is 10.8 Å². The second kappa shape index (κ2) is 10.1. The quantitative estimate of drug-likeness (QED) is 0.530. The zero-order valence-corrected chi connectivity index (χ0v) is 16.9. The van der Waals surface area contributed by atoms with Crippen LogP contribution in [-0.2, 0) is 35.8 Å². The molecule has 0 spiro atoms. The molecule has 0 heterocycles. The topological polar surface area (TPSA) is 17.1 Å². The van der Waals surface area contributed by atoms with Crippen LogP contribution in [0.4, 0.5) is 0 Å². The maximum absolute atomic E-state index is 12.4. The van der Waals surface area contributed by atoms with E-state index in [0.29, 0.717) is 5.25 Å². The van der Waals surface area contributed by atoms with E-state index in [-0.39, 0.29) is 0 Å². The van der Waals surface area contributed by atoms with Gasteiger partial charge in [-0.1, -0.05) is 74.7 Å². The Labute approximate surface area is 161 Å². The van der Waals surface area contributed by atoms with Crippen molar-refractivity contribution < 1.29 is 4.21 Å². The van der Waals surface area contributed by atoms with E-state index in [1.54, 1.807) is 0 Å².